The van der Waals surface area contributed by atoms with Gasteiger partial charge in [0, 0.05) is 17.3 Å². The zero-order valence-electron chi connectivity index (χ0n) is 11.5. The van der Waals surface area contributed by atoms with E-state index in [0.717, 1.165) is 19.0 Å². The third-order valence-corrected chi connectivity index (χ3v) is 5.05. The SMILES string of the molecule is CCNC1CCC(C)(Cc2nc(C)c(C)s2)C1. The van der Waals surface area contributed by atoms with Crippen LogP contribution in [0.25, 0.3) is 0 Å². The fourth-order valence-corrected chi connectivity index (χ4v) is 4.08. The molecule has 1 saturated carbocycles. The van der Waals surface area contributed by atoms with Crippen molar-refractivity contribution < 1.29 is 0 Å². The van der Waals surface area contributed by atoms with Crippen molar-refractivity contribution in [1.29, 1.82) is 0 Å². The lowest BCUT2D eigenvalue weighted by Crippen LogP contribution is -2.28. The molecular weight excluding hydrogens is 228 g/mol. The minimum absolute atomic E-state index is 0.462. The van der Waals surface area contributed by atoms with Crippen molar-refractivity contribution in [2.75, 3.05) is 6.54 Å². The maximum atomic E-state index is 4.69. The van der Waals surface area contributed by atoms with Crippen molar-refractivity contribution in [3.8, 4) is 0 Å². The number of rotatable bonds is 4. The van der Waals surface area contributed by atoms with Crippen LogP contribution in [0.15, 0.2) is 0 Å². The van der Waals surface area contributed by atoms with Gasteiger partial charge < -0.3 is 5.32 Å². The summed E-state index contributed by atoms with van der Waals surface area (Å²) in [6.45, 7) is 10.0. The molecule has 0 aliphatic heterocycles. The van der Waals surface area contributed by atoms with Crippen molar-refractivity contribution in [2.24, 2.45) is 5.41 Å². The molecule has 2 unspecified atom stereocenters. The molecule has 1 aliphatic carbocycles. The Bertz CT molecular complexity index is 366. The van der Waals surface area contributed by atoms with E-state index >= 15 is 0 Å². The molecule has 0 aromatic carbocycles. The van der Waals surface area contributed by atoms with E-state index in [1.807, 2.05) is 11.3 Å². The van der Waals surface area contributed by atoms with Gasteiger partial charge in [-0.05, 0) is 45.1 Å². The first kappa shape index (κ1) is 13.0. The maximum Gasteiger partial charge on any atom is 0.0936 e. The van der Waals surface area contributed by atoms with Gasteiger partial charge in [-0.25, -0.2) is 4.98 Å². The standard InChI is InChI=1S/C14H24N2S/c1-5-15-12-6-7-14(4,8-12)9-13-16-10(2)11(3)17-13/h12,15H,5-9H2,1-4H3. The molecule has 2 rings (SSSR count). The van der Waals surface area contributed by atoms with Gasteiger partial charge >= 0.3 is 0 Å². The molecule has 1 fully saturated rings. The van der Waals surface area contributed by atoms with Crippen LogP contribution in [0.2, 0.25) is 0 Å². The van der Waals surface area contributed by atoms with Crippen LogP contribution in [0.4, 0.5) is 0 Å². The minimum atomic E-state index is 0.462. The Morgan fingerprint density at radius 3 is 2.82 bits per heavy atom. The summed E-state index contributed by atoms with van der Waals surface area (Å²) in [6, 6.07) is 0.729. The summed E-state index contributed by atoms with van der Waals surface area (Å²) < 4.78 is 0. The molecule has 96 valence electrons. The van der Waals surface area contributed by atoms with Crippen molar-refractivity contribution >= 4 is 11.3 Å². The van der Waals surface area contributed by atoms with Gasteiger partial charge in [0.05, 0.1) is 10.7 Å². The quantitative estimate of drug-likeness (QED) is 0.887. The predicted molar refractivity (Wildman–Crippen MR) is 74.7 cm³/mol. The molecule has 17 heavy (non-hydrogen) atoms. The molecule has 2 atom stereocenters. The average Bonchev–Trinajstić information content (AvgIpc) is 2.73. The largest absolute Gasteiger partial charge is 0.314 e. The molecule has 3 heteroatoms. The minimum Gasteiger partial charge on any atom is -0.314 e. The summed E-state index contributed by atoms with van der Waals surface area (Å²) in [4.78, 5) is 6.07. The van der Waals surface area contributed by atoms with E-state index in [9.17, 15) is 0 Å². The molecule has 1 aromatic heterocycles. The van der Waals surface area contributed by atoms with E-state index in [1.165, 1.54) is 34.8 Å². The number of nitrogens with one attached hydrogen (secondary N) is 1. The van der Waals surface area contributed by atoms with Gasteiger partial charge in [0.2, 0.25) is 0 Å². The highest BCUT2D eigenvalue weighted by Crippen LogP contribution is 2.41. The Balaban J connectivity index is 1.99. The summed E-state index contributed by atoms with van der Waals surface area (Å²) in [5.74, 6) is 0. The molecule has 0 saturated heterocycles. The summed E-state index contributed by atoms with van der Waals surface area (Å²) in [7, 11) is 0. The van der Waals surface area contributed by atoms with Crippen molar-refractivity contribution in [1.82, 2.24) is 10.3 Å². The van der Waals surface area contributed by atoms with Crippen LogP contribution in [-0.2, 0) is 6.42 Å². The van der Waals surface area contributed by atoms with E-state index < -0.39 is 0 Å². The van der Waals surface area contributed by atoms with Gasteiger partial charge in [-0.15, -0.1) is 11.3 Å². The number of aryl methyl sites for hydroxylation is 2. The lowest BCUT2D eigenvalue weighted by Gasteiger charge is -2.23. The Morgan fingerprint density at radius 1 is 1.47 bits per heavy atom. The highest BCUT2D eigenvalue weighted by atomic mass is 32.1. The Kier molecular flexibility index (Phi) is 3.88. The van der Waals surface area contributed by atoms with Gasteiger partial charge in [-0.2, -0.15) is 0 Å². The second-order valence-corrected chi connectivity index (χ2v) is 7.02. The monoisotopic (exact) mass is 252 g/mol. The molecular formula is C14H24N2S. The molecule has 1 aliphatic rings. The average molecular weight is 252 g/mol. The van der Waals surface area contributed by atoms with Crippen LogP contribution in [0.1, 0.15) is 48.7 Å². The van der Waals surface area contributed by atoms with E-state index in [4.69, 9.17) is 0 Å². The Hall–Kier alpha value is -0.410. The topological polar surface area (TPSA) is 24.9 Å². The predicted octanol–water partition coefficient (Wildman–Crippen LogP) is 3.47. The normalized spacial score (nSPS) is 28.8. The number of hydrogen-bond acceptors (Lipinski definition) is 3. The number of aromatic nitrogens is 1. The lowest BCUT2D eigenvalue weighted by atomic mass is 9.85. The van der Waals surface area contributed by atoms with Crippen LogP contribution < -0.4 is 5.32 Å². The van der Waals surface area contributed by atoms with Crippen molar-refractivity contribution in [3.05, 3.63) is 15.6 Å². The van der Waals surface area contributed by atoms with E-state index in [1.54, 1.807) is 0 Å². The van der Waals surface area contributed by atoms with Crippen LogP contribution in [0, 0.1) is 19.3 Å². The molecule has 0 amide bonds. The highest BCUT2D eigenvalue weighted by molar-refractivity contribution is 7.11. The van der Waals surface area contributed by atoms with Crippen molar-refractivity contribution in [2.45, 2.75) is 59.4 Å². The molecule has 0 bridgehead atoms. The zero-order chi connectivity index (χ0) is 12.5. The van der Waals surface area contributed by atoms with E-state index in [0.29, 0.717) is 5.41 Å². The Labute approximate surface area is 109 Å². The second-order valence-electron chi connectivity index (χ2n) is 5.73. The van der Waals surface area contributed by atoms with Crippen LogP contribution in [0.5, 0.6) is 0 Å². The number of hydrogen-bond donors (Lipinski definition) is 1. The highest BCUT2D eigenvalue weighted by Gasteiger charge is 2.35. The van der Waals surface area contributed by atoms with Crippen LogP contribution in [0.3, 0.4) is 0 Å². The number of thiazole rings is 1. The molecule has 1 heterocycles. The third kappa shape index (κ3) is 3.08. The molecule has 0 radical (unpaired) electrons. The lowest BCUT2D eigenvalue weighted by molar-refractivity contribution is 0.322. The molecule has 1 N–H and O–H groups in total. The zero-order valence-corrected chi connectivity index (χ0v) is 12.3. The first-order chi connectivity index (χ1) is 8.02. The fraction of sp³-hybridized carbons (Fsp3) is 0.786. The summed E-state index contributed by atoms with van der Waals surface area (Å²) in [5, 5.41) is 4.92. The smallest absolute Gasteiger partial charge is 0.0936 e. The van der Waals surface area contributed by atoms with Gasteiger partial charge in [0.1, 0.15) is 0 Å². The molecule has 2 nitrogen and oxygen atoms in total. The molecule has 0 spiro atoms. The second kappa shape index (κ2) is 5.07. The van der Waals surface area contributed by atoms with Gasteiger partial charge in [0.25, 0.3) is 0 Å². The van der Waals surface area contributed by atoms with Crippen molar-refractivity contribution in [3.63, 3.8) is 0 Å². The van der Waals surface area contributed by atoms with E-state index in [2.05, 4.69) is 38.0 Å². The third-order valence-electron chi connectivity index (χ3n) is 3.98. The first-order valence-electron chi connectivity index (χ1n) is 6.69. The first-order valence-corrected chi connectivity index (χ1v) is 7.50. The fourth-order valence-electron chi connectivity index (χ4n) is 2.93. The summed E-state index contributed by atoms with van der Waals surface area (Å²) >= 11 is 1.88. The van der Waals surface area contributed by atoms with Crippen LogP contribution >= 0.6 is 11.3 Å². The van der Waals surface area contributed by atoms with Gasteiger partial charge in [-0.1, -0.05) is 13.8 Å². The maximum absolute atomic E-state index is 4.69. The van der Waals surface area contributed by atoms with E-state index in [-0.39, 0.29) is 0 Å². The summed E-state index contributed by atoms with van der Waals surface area (Å²) in [6.07, 6.45) is 5.13. The molecule has 1 aromatic rings. The van der Waals surface area contributed by atoms with Gasteiger partial charge in [0.15, 0.2) is 0 Å². The number of nitrogens with zero attached hydrogens (tertiary/aromatic N) is 1. The summed E-state index contributed by atoms with van der Waals surface area (Å²) in [5.41, 5.74) is 1.68. The van der Waals surface area contributed by atoms with Gasteiger partial charge in [-0.3, -0.25) is 0 Å². The van der Waals surface area contributed by atoms with Crippen LogP contribution in [-0.4, -0.2) is 17.6 Å². The Morgan fingerprint density at radius 2 is 2.24 bits per heavy atom.